The Morgan fingerprint density at radius 1 is 1.22 bits per heavy atom. The molecule has 2 fully saturated rings. The van der Waals surface area contributed by atoms with E-state index in [1.807, 2.05) is 36.0 Å². The quantitative estimate of drug-likeness (QED) is 0.894. The highest BCUT2D eigenvalue weighted by Crippen LogP contribution is 2.25. The van der Waals surface area contributed by atoms with Crippen molar-refractivity contribution in [2.24, 2.45) is 0 Å². The van der Waals surface area contributed by atoms with Crippen LogP contribution in [0.2, 0.25) is 0 Å². The van der Waals surface area contributed by atoms with E-state index in [1.54, 1.807) is 6.20 Å². The van der Waals surface area contributed by atoms with Gasteiger partial charge in [-0.1, -0.05) is 0 Å². The molecule has 2 atom stereocenters. The minimum absolute atomic E-state index is 0.0504. The number of aliphatic hydroxyl groups is 1. The van der Waals surface area contributed by atoms with Crippen LogP contribution >= 0.6 is 0 Å². The lowest BCUT2D eigenvalue weighted by molar-refractivity contribution is 0.0315. The molecular formula is C17H26N4O2. The lowest BCUT2D eigenvalue weighted by Crippen LogP contribution is -2.53. The molecule has 1 aromatic rings. The number of piperazine rings is 1. The molecule has 2 aliphatic rings. The second-order valence-corrected chi connectivity index (χ2v) is 6.69. The fraction of sp³-hybridized carbons (Fsp3) is 0.647. The number of hydrogen-bond donors (Lipinski definition) is 1. The molecule has 0 bridgehead atoms. The summed E-state index contributed by atoms with van der Waals surface area (Å²) in [5.41, 5.74) is 0.643. The average Bonchev–Trinajstić information content (AvgIpc) is 3.00. The Bertz CT molecular complexity index is 538. The molecule has 0 unspecified atom stereocenters. The Balaban J connectivity index is 1.57. The Labute approximate surface area is 137 Å². The molecule has 23 heavy (non-hydrogen) atoms. The van der Waals surface area contributed by atoms with Crippen molar-refractivity contribution < 1.29 is 9.90 Å². The molecule has 0 radical (unpaired) electrons. The third kappa shape index (κ3) is 3.48. The summed E-state index contributed by atoms with van der Waals surface area (Å²) >= 11 is 0. The maximum Gasteiger partial charge on any atom is 0.255 e. The number of aromatic nitrogens is 1. The predicted octanol–water partition coefficient (Wildman–Crippen LogP) is 0.819. The van der Waals surface area contributed by atoms with Gasteiger partial charge in [-0.15, -0.1) is 0 Å². The summed E-state index contributed by atoms with van der Waals surface area (Å²) in [7, 11) is 3.86. The van der Waals surface area contributed by atoms with Gasteiger partial charge in [0.05, 0.1) is 11.7 Å². The first-order chi connectivity index (χ1) is 11.1. The van der Waals surface area contributed by atoms with Crippen LogP contribution in [0.3, 0.4) is 0 Å². The normalized spacial score (nSPS) is 25.6. The number of amides is 1. The van der Waals surface area contributed by atoms with E-state index in [-0.39, 0.29) is 18.1 Å². The third-order valence-corrected chi connectivity index (χ3v) is 4.97. The number of carbonyl (C=O) groups is 1. The lowest BCUT2D eigenvalue weighted by Gasteiger charge is -2.39. The van der Waals surface area contributed by atoms with Crippen LogP contribution in [0.25, 0.3) is 0 Å². The van der Waals surface area contributed by atoms with Gasteiger partial charge in [-0.05, 0) is 31.4 Å². The molecule has 3 rings (SSSR count). The first-order valence-electron chi connectivity index (χ1n) is 8.41. The number of rotatable bonds is 3. The van der Waals surface area contributed by atoms with Gasteiger partial charge in [0.1, 0.15) is 5.82 Å². The monoisotopic (exact) mass is 318 g/mol. The topological polar surface area (TPSA) is 59.9 Å². The summed E-state index contributed by atoms with van der Waals surface area (Å²) in [4.78, 5) is 23.0. The molecule has 1 amide bonds. The highest BCUT2D eigenvalue weighted by Gasteiger charge is 2.33. The van der Waals surface area contributed by atoms with Gasteiger partial charge in [0.2, 0.25) is 0 Å². The van der Waals surface area contributed by atoms with E-state index >= 15 is 0 Å². The van der Waals surface area contributed by atoms with Crippen molar-refractivity contribution in [3.63, 3.8) is 0 Å². The molecular weight excluding hydrogens is 292 g/mol. The second-order valence-electron chi connectivity index (χ2n) is 6.69. The zero-order valence-electron chi connectivity index (χ0n) is 14.0. The molecule has 126 valence electrons. The van der Waals surface area contributed by atoms with Crippen molar-refractivity contribution in [1.82, 2.24) is 14.8 Å². The van der Waals surface area contributed by atoms with Gasteiger partial charge < -0.3 is 14.9 Å². The molecule has 1 aromatic heterocycles. The first kappa shape index (κ1) is 16.2. The summed E-state index contributed by atoms with van der Waals surface area (Å²) in [5, 5.41) is 10.0. The summed E-state index contributed by atoms with van der Waals surface area (Å²) < 4.78 is 0. The first-order valence-corrected chi connectivity index (χ1v) is 8.41. The van der Waals surface area contributed by atoms with E-state index in [4.69, 9.17) is 0 Å². The highest BCUT2D eigenvalue weighted by atomic mass is 16.3. The van der Waals surface area contributed by atoms with Crippen LogP contribution in [-0.2, 0) is 0 Å². The van der Waals surface area contributed by atoms with Gasteiger partial charge in [-0.3, -0.25) is 9.69 Å². The van der Waals surface area contributed by atoms with Crippen LogP contribution in [-0.4, -0.2) is 78.2 Å². The van der Waals surface area contributed by atoms with Gasteiger partial charge >= 0.3 is 0 Å². The molecule has 6 nitrogen and oxygen atoms in total. The minimum atomic E-state index is -0.194. The Kier molecular flexibility index (Phi) is 4.82. The molecule has 1 N–H and O–H groups in total. The molecule has 1 saturated heterocycles. The lowest BCUT2D eigenvalue weighted by atomic mass is 10.1. The van der Waals surface area contributed by atoms with Crippen LogP contribution < -0.4 is 4.90 Å². The molecule has 0 aromatic carbocycles. The SMILES string of the molecule is CN(C)c1ccc(C(=O)N2CCN([C@H]3CCC[C@@H]3O)CC2)cn1. The van der Waals surface area contributed by atoms with Gasteiger partial charge in [-0.25, -0.2) is 4.98 Å². The predicted molar refractivity (Wildman–Crippen MR) is 89.7 cm³/mol. The van der Waals surface area contributed by atoms with Crippen LogP contribution in [0.5, 0.6) is 0 Å². The minimum Gasteiger partial charge on any atom is -0.391 e. The fourth-order valence-electron chi connectivity index (χ4n) is 3.56. The number of pyridine rings is 1. The second kappa shape index (κ2) is 6.84. The van der Waals surface area contributed by atoms with E-state index in [0.717, 1.165) is 51.3 Å². The Morgan fingerprint density at radius 3 is 2.48 bits per heavy atom. The van der Waals surface area contributed by atoms with Crippen LogP contribution in [0.4, 0.5) is 5.82 Å². The van der Waals surface area contributed by atoms with Crippen molar-refractivity contribution in [2.45, 2.75) is 31.4 Å². The van der Waals surface area contributed by atoms with Crippen LogP contribution in [0.15, 0.2) is 18.3 Å². The van der Waals surface area contributed by atoms with Crippen molar-refractivity contribution in [2.75, 3.05) is 45.2 Å². The Hall–Kier alpha value is -1.66. The number of hydrogen-bond acceptors (Lipinski definition) is 5. The van der Waals surface area contributed by atoms with E-state index in [1.165, 1.54) is 0 Å². The van der Waals surface area contributed by atoms with Crippen molar-refractivity contribution in [3.05, 3.63) is 23.9 Å². The number of aliphatic hydroxyl groups excluding tert-OH is 1. The smallest absolute Gasteiger partial charge is 0.255 e. The number of nitrogens with zero attached hydrogens (tertiary/aromatic N) is 4. The van der Waals surface area contributed by atoms with Crippen molar-refractivity contribution >= 4 is 11.7 Å². The summed E-state index contributed by atoms with van der Waals surface area (Å²) in [6.45, 7) is 3.13. The van der Waals surface area contributed by atoms with Gasteiger partial charge in [-0.2, -0.15) is 0 Å². The molecule has 1 aliphatic heterocycles. The van der Waals surface area contributed by atoms with Crippen LogP contribution in [0, 0.1) is 0 Å². The van der Waals surface area contributed by atoms with Crippen molar-refractivity contribution in [3.8, 4) is 0 Å². The van der Waals surface area contributed by atoms with Crippen LogP contribution in [0.1, 0.15) is 29.6 Å². The fourth-order valence-corrected chi connectivity index (χ4v) is 3.56. The van der Waals surface area contributed by atoms with E-state index < -0.39 is 0 Å². The number of anilines is 1. The zero-order valence-corrected chi connectivity index (χ0v) is 14.0. The summed E-state index contributed by atoms with van der Waals surface area (Å²) in [6.07, 6.45) is 4.55. The van der Waals surface area contributed by atoms with Gasteiger partial charge in [0.25, 0.3) is 5.91 Å². The summed E-state index contributed by atoms with van der Waals surface area (Å²) in [6, 6.07) is 4.00. The maximum atomic E-state index is 12.6. The average molecular weight is 318 g/mol. The van der Waals surface area contributed by atoms with E-state index in [9.17, 15) is 9.90 Å². The zero-order chi connectivity index (χ0) is 16.4. The summed E-state index contributed by atoms with van der Waals surface area (Å²) in [5.74, 6) is 0.899. The van der Waals surface area contributed by atoms with E-state index in [0.29, 0.717) is 5.56 Å². The largest absolute Gasteiger partial charge is 0.391 e. The van der Waals surface area contributed by atoms with Gasteiger partial charge in [0.15, 0.2) is 0 Å². The molecule has 6 heteroatoms. The highest BCUT2D eigenvalue weighted by molar-refractivity contribution is 5.94. The maximum absolute atomic E-state index is 12.6. The standard InChI is InChI=1S/C17H26N4O2/c1-19(2)16-7-6-13(12-18-16)17(23)21-10-8-20(9-11-21)14-4-3-5-15(14)22/h6-7,12,14-15,22H,3-5,8-11H2,1-2H3/t14-,15-/m0/s1. The Morgan fingerprint density at radius 2 is 1.96 bits per heavy atom. The molecule has 2 heterocycles. The van der Waals surface area contributed by atoms with Crippen molar-refractivity contribution in [1.29, 1.82) is 0 Å². The third-order valence-electron chi connectivity index (χ3n) is 4.97. The van der Waals surface area contributed by atoms with Gasteiger partial charge in [0, 0.05) is 52.5 Å². The number of carbonyl (C=O) groups excluding carboxylic acids is 1. The molecule has 1 saturated carbocycles. The molecule has 0 spiro atoms. The van der Waals surface area contributed by atoms with E-state index in [2.05, 4.69) is 9.88 Å². The molecule has 1 aliphatic carbocycles.